The van der Waals surface area contributed by atoms with Gasteiger partial charge in [0.25, 0.3) is 11.8 Å². The molecule has 1 aliphatic heterocycles. The van der Waals surface area contributed by atoms with Gasteiger partial charge in [0.1, 0.15) is 11.6 Å². The Hall–Kier alpha value is -3.88. The topological polar surface area (TPSA) is 127 Å². The minimum Gasteiger partial charge on any atom is -0.496 e. The Kier molecular flexibility index (Phi) is 10.7. The molecular formula is C29H39N5O4. The molecule has 0 radical (unpaired) electrons. The minimum absolute atomic E-state index is 0.0175. The van der Waals surface area contributed by atoms with Crippen molar-refractivity contribution in [2.45, 2.75) is 57.9 Å². The van der Waals surface area contributed by atoms with E-state index in [1.165, 1.54) is 11.8 Å². The minimum atomic E-state index is -0.166. The normalized spacial score (nSPS) is 16.9. The van der Waals surface area contributed by atoms with E-state index < -0.39 is 0 Å². The van der Waals surface area contributed by atoms with Crippen molar-refractivity contribution < 1.29 is 19.1 Å². The number of rotatable bonds is 8. The summed E-state index contributed by atoms with van der Waals surface area (Å²) in [6.45, 7) is 8.03. The zero-order chi connectivity index (χ0) is 27.5. The third kappa shape index (κ3) is 8.33. The molecule has 9 heteroatoms. The van der Waals surface area contributed by atoms with Crippen molar-refractivity contribution in [2.75, 3.05) is 32.5 Å². The Morgan fingerprint density at radius 1 is 1.18 bits per heavy atom. The Bertz CT molecular complexity index is 1130. The van der Waals surface area contributed by atoms with Gasteiger partial charge in [-0.25, -0.2) is 4.98 Å². The van der Waals surface area contributed by atoms with Gasteiger partial charge in [0.15, 0.2) is 0 Å². The summed E-state index contributed by atoms with van der Waals surface area (Å²) in [4.78, 5) is 41.1. The summed E-state index contributed by atoms with van der Waals surface area (Å²) in [5, 5.41) is 5.90. The average molecular weight is 522 g/mol. The number of carbonyl (C=O) groups is 3. The lowest BCUT2D eigenvalue weighted by Gasteiger charge is -2.25. The molecule has 204 valence electrons. The van der Waals surface area contributed by atoms with Crippen LogP contribution in [0.1, 0.15) is 71.2 Å². The maximum Gasteiger partial charge on any atom is 0.252 e. The highest BCUT2D eigenvalue weighted by Gasteiger charge is 2.20. The monoisotopic (exact) mass is 521 g/mol. The zero-order valence-electron chi connectivity index (χ0n) is 22.4. The molecule has 0 bridgehead atoms. The fourth-order valence-electron chi connectivity index (χ4n) is 4.67. The number of nitrogens with zero attached hydrogens (tertiary/aromatic N) is 2. The molecule has 4 N–H and O–H groups in total. The fourth-order valence-corrected chi connectivity index (χ4v) is 4.67. The van der Waals surface area contributed by atoms with E-state index in [2.05, 4.69) is 22.2 Å². The molecule has 1 aromatic heterocycles. The van der Waals surface area contributed by atoms with Crippen LogP contribution in [-0.2, 0) is 4.79 Å². The lowest BCUT2D eigenvalue weighted by molar-refractivity contribution is -0.127. The average Bonchev–Trinajstić information content (AvgIpc) is 3.31. The molecule has 2 heterocycles. The Morgan fingerprint density at radius 3 is 2.66 bits per heavy atom. The number of ether oxygens (including phenoxy) is 1. The molecule has 2 aliphatic rings. The number of benzene rings is 1. The van der Waals surface area contributed by atoms with E-state index in [1.54, 1.807) is 19.2 Å². The number of anilines is 1. The van der Waals surface area contributed by atoms with Crippen molar-refractivity contribution >= 4 is 23.5 Å². The molecule has 3 amide bonds. The molecule has 1 saturated carbocycles. The quantitative estimate of drug-likeness (QED) is 0.360. The van der Waals surface area contributed by atoms with Crippen LogP contribution in [-0.4, -0.2) is 60.4 Å². The van der Waals surface area contributed by atoms with Crippen LogP contribution >= 0.6 is 0 Å². The smallest absolute Gasteiger partial charge is 0.252 e. The molecule has 1 atom stereocenters. The first-order valence-corrected chi connectivity index (χ1v) is 13.2. The largest absolute Gasteiger partial charge is 0.496 e. The molecular weight excluding hydrogens is 482 g/mol. The van der Waals surface area contributed by atoms with Crippen LogP contribution in [0.15, 0.2) is 48.7 Å². The van der Waals surface area contributed by atoms with Gasteiger partial charge in [0, 0.05) is 49.4 Å². The van der Waals surface area contributed by atoms with Crippen molar-refractivity contribution in [3.05, 3.63) is 65.4 Å². The Balaban J connectivity index is 0.000000211. The van der Waals surface area contributed by atoms with Crippen molar-refractivity contribution in [2.24, 2.45) is 0 Å². The highest BCUT2D eigenvalue weighted by Crippen LogP contribution is 2.24. The number of aromatic nitrogens is 1. The SMILES string of the molecule is C=C1CCCC(NC(=O)c2cccc(OC)c2C)C1.Nc1ccc(C(=O)NCCCN2CCCC2=O)cn1. The van der Waals surface area contributed by atoms with Crippen LogP contribution in [0.5, 0.6) is 5.75 Å². The second-order valence-electron chi connectivity index (χ2n) is 9.72. The van der Waals surface area contributed by atoms with Gasteiger partial charge < -0.3 is 26.0 Å². The van der Waals surface area contributed by atoms with Crippen LogP contribution in [0.25, 0.3) is 0 Å². The van der Waals surface area contributed by atoms with Gasteiger partial charge in [-0.05, 0) is 69.7 Å². The fraction of sp³-hybridized carbons (Fsp3) is 0.448. The lowest BCUT2D eigenvalue weighted by atomic mass is 9.91. The zero-order valence-corrected chi connectivity index (χ0v) is 22.4. The summed E-state index contributed by atoms with van der Waals surface area (Å²) >= 11 is 0. The number of nitrogens with two attached hydrogens (primary N) is 1. The number of hydrogen-bond donors (Lipinski definition) is 3. The van der Waals surface area contributed by atoms with E-state index in [-0.39, 0.29) is 23.8 Å². The number of amides is 3. The first-order valence-electron chi connectivity index (χ1n) is 13.2. The molecule has 1 unspecified atom stereocenters. The van der Waals surface area contributed by atoms with E-state index in [1.807, 2.05) is 30.0 Å². The highest BCUT2D eigenvalue weighted by atomic mass is 16.5. The molecule has 1 aromatic carbocycles. The van der Waals surface area contributed by atoms with Crippen LogP contribution in [0, 0.1) is 6.92 Å². The first kappa shape index (κ1) is 28.7. The van der Waals surface area contributed by atoms with E-state index in [4.69, 9.17) is 10.5 Å². The number of hydrogen-bond acceptors (Lipinski definition) is 6. The van der Waals surface area contributed by atoms with Crippen molar-refractivity contribution in [1.82, 2.24) is 20.5 Å². The summed E-state index contributed by atoms with van der Waals surface area (Å²) in [5.74, 6) is 1.18. The number of methoxy groups -OCH3 is 1. The predicted molar refractivity (Wildman–Crippen MR) is 148 cm³/mol. The van der Waals surface area contributed by atoms with Gasteiger partial charge in [-0.3, -0.25) is 14.4 Å². The number of pyridine rings is 1. The van der Waals surface area contributed by atoms with Gasteiger partial charge in [-0.15, -0.1) is 0 Å². The lowest BCUT2D eigenvalue weighted by Crippen LogP contribution is -2.36. The number of nitrogen functional groups attached to an aromatic ring is 1. The molecule has 1 aliphatic carbocycles. The second kappa shape index (κ2) is 14.2. The van der Waals surface area contributed by atoms with E-state index in [9.17, 15) is 14.4 Å². The standard InChI is InChI=1S/C16H21NO2.C13H18N4O2/c1-11-6-4-7-13(10-11)17-16(18)14-8-5-9-15(19-3)12(14)2;14-11-5-4-10(9-16-11)13(19)15-6-2-8-17-7-1-3-12(17)18/h5,8-9,13H,1,4,6-7,10H2,2-3H3,(H,17,18);4-5,9H,1-3,6-8H2,(H2,14,16)(H,15,19). The predicted octanol–water partition coefficient (Wildman–Crippen LogP) is 3.64. The molecule has 4 rings (SSSR count). The first-order chi connectivity index (χ1) is 18.3. The van der Waals surface area contributed by atoms with Crippen molar-refractivity contribution in [3.8, 4) is 5.75 Å². The number of nitrogens with one attached hydrogen (secondary N) is 2. The van der Waals surface area contributed by atoms with Gasteiger partial charge >= 0.3 is 0 Å². The summed E-state index contributed by atoms with van der Waals surface area (Å²) < 4.78 is 5.25. The Morgan fingerprint density at radius 2 is 2.00 bits per heavy atom. The molecule has 9 nitrogen and oxygen atoms in total. The molecule has 1 saturated heterocycles. The molecule has 0 spiro atoms. The summed E-state index contributed by atoms with van der Waals surface area (Å²) in [5.41, 5.74) is 8.75. The number of likely N-dealkylation sites (tertiary alicyclic amines) is 1. The number of carbonyl (C=O) groups excluding carboxylic acids is 3. The third-order valence-electron chi connectivity index (χ3n) is 6.81. The Labute approximate surface area is 224 Å². The van der Waals surface area contributed by atoms with Crippen molar-refractivity contribution in [1.29, 1.82) is 0 Å². The van der Waals surface area contributed by atoms with E-state index >= 15 is 0 Å². The maximum absolute atomic E-state index is 12.3. The molecule has 38 heavy (non-hydrogen) atoms. The maximum atomic E-state index is 12.3. The van der Waals surface area contributed by atoms with Crippen LogP contribution in [0.4, 0.5) is 5.82 Å². The van der Waals surface area contributed by atoms with Crippen molar-refractivity contribution in [3.63, 3.8) is 0 Å². The summed E-state index contributed by atoms with van der Waals surface area (Å²) in [6.07, 6.45) is 7.95. The van der Waals surface area contributed by atoms with Gasteiger partial charge in [0.05, 0.1) is 12.7 Å². The van der Waals surface area contributed by atoms with Gasteiger partial charge in [-0.1, -0.05) is 18.2 Å². The van der Waals surface area contributed by atoms with Crippen LogP contribution < -0.4 is 21.1 Å². The second-order valence-corrected chi connectivity index (χ2v) is 9.72. The third-order valence-corrected chi connectivity index (χ3v) is 6.81. The van der Waals surface area contributed by atoms with Gasteiger partial charge in [-0.2, -0.15) is 0 Å². The molecule has 2 aromatic rings. The van der Waals surface area contributed by atoms with Crippen LogP contribution in [0.3, 0.4) is 0 Å². The van der Waals surface area contributed by atoms with E-state index in [0.29, 0.717) is 36.5 Å². The summed E-state index contributed by atoms with van der Waals surface area (Å²) in [7, 11) is 1.62. The van der Waals surface area contributed by atoms with E-state index in [0.717, 1.165) is 56.4 Å². The summed E-state index contributed by atoms with van der Waals surface area (Å²) in [6, 6.07) is 9.01. The molecule has 2 fully saturated rings. The van der Waals surface area contributed by atoms with Crippen LogP contribution in [0.2, 0.25) is 0 Å². The highest BCUT2D eigenvalue weighted by molar-refractivity contribution is 5.96. The van der Waals surface area contributed by atoms with Gasteiger partial charge in [0.2, 0.25) is 5.91 Å².